The van der Waals surface area contributed by atoms with Gasteiger partial charge in [-0.25, -0.2) is 0 Å². The number of fused-ring (bicyclic) bond motifs is 6. The quantitative estimate of drug-likeness (QED) is 0.239. The smallest absolute Gasteiger partial charge is 0.194 e. The summed E-state index contributed by atoms with van der Waals surface area (Å²) in [4.78, 5) is 27.1. The summed E-state index contributed by atoms with van der Waals surface area (Å²) in [6.07, 6.45) is 0. The Hall–Kier alpha value is -4.30. The van der Waals surface area contributed by atoms with Crippen molar-refractivity contribution in [3.05, 3.63) is 119 Å². The Morgan fingerprint density at radius 2 is 0.758 bits per heavy atom. The molecule has 0 saturated heterocycles. The van der Waals surface area contributed by atoms with Crippen LogP contribution in [0, 0.1) is 6.92 Å². The third-order valence-electron chi connectivity index (χ3n) is 6.91. The molecule has 0 atom stereocenters. The summed E-state index contributed by atoms with van der Waals surface area (Å²) in [6.45, 7) is 2.07. The number of benzene rings is 6. The largest absolute Gasteiger partial charge is 0.289 e. The van der Waals surface area contributed by atoms with Crippen LogP contribution >= 0.6 is 0 Å². The second kappa shape index (κ2) is 6.36. The first-order valence-corrected chi connectivity index (χ1v) is 11.1. The lowest BCUT2D eigenvalue weighted by molar-refractivity contribution is 0.0979. The van der Waals surface area contributed by atoms with E-state index in [1.54, 1.807) is 0 Å². The molecule has 2 heteroatoms. The molecule has 0 spiro atoms. The number of rotatable bonds is 0. The predicted molar refractivity (Wildman–Crippen MR) is 135 cm³/mol. The molecule has 0 N–H and O–H groups in total. The molecular formula is C31H18O2. The summed E-state index contributed by atoms with van der Waals surface area (Å²) in [5, 5.41) is 8.39. The van der Waals surface area contributed by atoms with Crippen molar-refractivity contribution in [3.8, 4) is 0 Å². The van der Waals surface area contributed by atoms with Gasteiger partial charge in [-0.3, -0.25) is 9.59 Å². The molecule has 0 saturated carbocycles. The van der Waals surface area contributed by atoms with Gasteiger partial charge in [-0.15, -0.1) is 0 Å². The van der Waals surface area contributed by atoms with E-state index in [0.717, 1.165) is 43.1 Å². The Morgan fingerprint density at radius 1 is 0.394 bits per heavy atom. The molecule has 2 nitrogen and oxygen atoms in total. The fourth-order valence-electron chi connectivity index (χ4n) is 5.20. The van der Waals surface area contributed by atoms with Gasteiger partial charge in [0.05, 0.1) is 0 Å². The molecule has 154 valence electrons. The van der Waals surface area contributed by atoms with Crippen molar-refractivity contribution in [1.29, 1.82) is 0 Å². The number of carbonyl (C=O) groups excluding carboxylic acids is 2. The Kier molecular flexibility index (Phi) is 3.53. The first-order chi connectivity index (χ1) is 16.0. The van der Waals surface area contributed by atoms with Crippen LogP contribution in [0.3, 0.4) is 0 Å². The number of carbonyl (C=O) groups is 2. The SMILES string of the molecule is Cc1ccc2cc3cc4c(cc3cc2c1)C(=O)c1cc2cc3ccccc3cc2cc1C4=O. The van der Waals surface area contributed by atoms with E-state index in [2.05, 4.69) is 61.5 Å². The summed E-state index contributed by atoms with van der Waals surface area (Å²) in [5.41, 5.74) is 3.16. The lowest BCUT2D eigenvalue weighted by Crippen LogP contribution is -2.20. The highest BCUT2D eigenvalue weighted by molar-refractivity contribution is 6.31. The van der Waals surface area contributed by atoms with Crippen molar-refractivity contribution >= 4 is 54.7 Å². The molecule has 0 aromatic heterocycles. The fraction of sp³-hybridized carbons (Fsp3) is 0.0323. The molecule has 6 aromatic rings. The highest BCUT2D eigenvalue weighted by Crippen LogP contribution is 2.35. The van der Waals surface area contributed by atoms with Crippen LogP contribution in [0.1, 0.15) is 37.4 Å². The van der Waals surface area contributed by atoms with Crippen molar-refractivity contribution in [2.24, 2.45) is 0 Å². The monoisotopic (exact) mass is 422 g/mol. The van der Waals surface area contributed by atoms with E-state index in [4.69, 9.17) is 0 Å². The van der Waals surface area contributed by atoms with E-state index in [0.29, 0.717) is 22.3 Å². The average Bonchev–Trinajstić information content (AvgIpc) is 2.83. The molecule has 6 aromatic carbocycles. The minimum Gasteiger partial charge on any atom is -0.289 e. The van der Waals surface area contributed by atoms with Crippen molar-refractivity contribution < 1.29 is 9.59 Å². The Labute approximate surface area is 190 Å². The first kappa shape index (κ1) is 18.3. The summed E-state index contributed by atoms with van der Waals surface area (Å²) in [5.74, 6) is -0.165. The maximum Gasteiger partial charge on any atom is 0.194 e. The van der Waals surface area contributed by atoms with Gasteiger partial charge in [0.1, 0.15) is 0 Å². The zero-order valence-corrected chi connectivity index (χ0v) is 18.0. The van der Waals surface area contributed by atoms with Crippen LogP contribution in [-0.2, 0) is 0 Å². The maximum atomic E-state index is 13.6. The van der Waals surface area contributed by atoms with Gasteiger partial charge in [0.15, 0.2) is 11.6 Å². The molecule has 33 heavy (non-hydrogen) atoms. The van der Waals surface area contributed by atoms with E-state index < -0.39 is 0 Å². The lowest BCUT2D eigenvalue weighted by Gasteiger charge is -2.19. The third-order valence-corrected chi connectivity index (χ3v) is 6.91. The van der Waals surface area contributed by atoms with E-state index in [1.807, 2.05) is 36.4 Å². The van der Waals surface area contributed by atoms with E-state index >= 15 is 0 Å². The van der Waals surface area contributed by atoms with E-state index in [9.17, 15) is 9.59 Å². The minimum atomic E-state index is -0.0828. The van der Waals surface area contributed by atoms with E-state index in [-0.39, 0.29) is 11.6 Å². The first-order valence-electron chi connectivity index (χ1n) is 11.1. The van der Waals surface area contributed by atoms with Gasteiger partial charge >= 0.3 is 0 Å². The molecule has 0 heterocycles. The van der Waals surface area contributed by atoms with Gasteiger partial charge in [0, 0.05) is 22.3 Å². The molecule has 0 aliphatic heterocycles. The Morgan fingerprint density at radius 3 is 1.21 bits per heavy atom. The van der Waals surface area contributed by atoms with Crippen LogP contribution in [0.5, 0.6) is 0 Å². The molecular weight excluding hydrogens is 404 g/mol. The highest BCUT2D eigenvalue weighted by Gasteiger charge is 2.30. The summed E-state index contributed by atoms with van der Waals surface area (Å²) in [6, 6.07) is 30.4. The number of hydrogen-bond donors (Lipinski definition) is 0. The maximum absolute atomic E-state index is 13.6. The van der Waals surface area contributed by atoms with Gasteiger partial charge in [0.2, 0.25) is 0 Å². The van der Waals surface area contributed by atoms with Crippen molar-refractivity contribution in [1.82, 2.24) is 0 Å². The average molecular weight is 422 g/mol. The predicted octanol–water partition coefficient (Wildman–Crippen LogP) is 7.38. The number of aryl methyl sites for hydroxylation is 1. The number of ketones is 2. The van der Waals surface area contributed by atoms with Gasteiger partial charge in [-0.1, -0.05) is 48.0 Å². The van der Waals surface area contributed by atoms with Gasteiger partial charge in [-0.05, 0) is 98.5 Å². The molecule has 0 bridgehead atoms. The Bertz CT molecular complexity index is 1860. The van der Waals surface area contributed by atoms with Crippen molar-refractivity contribution in [2.45, 2.75) is 6.92 Å². The molecule has 1 aliphatic carbocycles. The fourth-order valence-corrected chi connectivity index (χ4v) is 5.20. The molecule has 7 rings (SSSR count). The second-order valence-electron chi connectivity index (χ2n) is 9.05. The second-order valence-corrected chi connectivity index (χ2v) is 9.05. The molecule has 0 amide bonds. The van der Waals surface area contributed by atoms with Gasteiger partial charge < -0.3 is 0 Å². The number of hydrogen-bond acceptors (Lipinski definition) is 2. The summed E-state index contributed by atoms with van der Waals surface area (Å²) < 4.78 is 0. The third kappa shape index (κ3) is 2.61. The van der Waals surface area contributed by atoms with Crippen LogP contribution in [0.4, 0.5) is 0 Å². The van der Waals surface area contributed by atoms with Gasteiger partial charge in [-0.2, -0.15) is 0 Å². The summed E-state index contributed by atoms with van der Waals surface area (Å²) >= 11 is 0. The molecule has 1 aliphatic rings. The van der Waals surface area contributed by atoms with Gasteiger partial charge in [0.25, 0.3) is 0 Å². The highest BCUT2D eigenvalue weighted by atomic mass is 16.1. The molecule has 0 unspecified atom stereocenters. The van der Waals surface area contributed by atoms with Crippen molar-refractivity contribution in [2.75, 3.05) is 0 Å². The standard InChI is InChI=1S/C31H18O2/c1-17-6-7-20-11-24-15-28-29(16-25(24)12-21(20)8-17)31(33)27-14-23-10-19-5-3-2-4-18(19)9-22(23)13-26(27)30(28)32/h2-16H,1H3. The van der Waals surface area contributed by atoms with Crippen LogP contribution in [0.2, 0.25) is 0 Å². The topological polar surface area (TPSA) is 34.1 Å². The van der Waals surface area contributed by atoms with Crippen molar-refractivity contribution in [3.63, 3.8) is 0 Å². The summed E-state index contributed by atoms with van der Waals surface area (Å²) in [7, 11) is 0. The van der Waals surface area contributed by atoms with Crippen LogP contribution in [-0.4, -0.2) is 11.6 Å². The lowest BCUT2D eigenvalue weighted by atomic mass is 9.81. The molecule has 0 fully saturated rings. The zero-order valence-electron chi connectivity index (χ0n) is 18.0. The normalized spacial score (nSPS) is 13.1. The van der Waals surface area contributed by atoms with Crippen LogP contribution in [0.15, 0.2) is 91.0 Å². The Balaban J connectivity index is 1.48. The van der Waals surface area contributed by atoms with E-state index in [1.165, 1.54) is 5.56 Å². The molecule has 0 radical (unpaired) electrons. The zero-order chi connectivity index (χ0) is 22.3. The minimum absolute atomic E-state index is 0.0825. The van der Waals surface area contributed by atoms with Crippen LogP contribution < -0.4 is 0 Å². The van der Waals surface area contributed by atoms with Crippen LogP contribution in [0.25, 0.3) is 43.1 Å².